The zero-order valence-electron chi connectivity index (χ0n) is 16.2. The van der Waals surface area contributed by atoms with Gasteiger partial charge in [-0.2, -0.15) is 0 Å². The van der Waals surface area contributed by atoms with Crippen LogP contribution in [0.5, 0.6) is 11.5 Å². The number of carboxylic acids is 2. The molecule has 0 aromatic heterocycles. The summed E-state index contributed by atoms with van der Waals surface area (Å²) < 4.78 is 5.65. The zero-order valence-corrected chi connectivity index (χ0v) is 16.2. The van der Waals surface area contributed by atoms with Crippen molar-refractivity contribution in [2.75, 3.05) is 0 Å². The van der Waals surface area contributed by atoms with Crippen LogP contribution in [0.4, 0.5) is 0 Å². The second kappa shape index (κ2) is 8.44. The molecule has 0 aliphatic carbocycles. The van der Waals surface area contributed by atoms with Gasteiger partial charge in [0.1, 0.15) is 11.5 Å². The van der Waals surface area contributed by atoms with Crippen LogP contribution < -0.4 is 4.74 Å². The molecule has 0 saturated carbocycles. The Kier molecular flexibility index (Phi) is 5.37. The van der Waals surface area contributed by atoms with E-state index in [9.17, 15) is 9.59 Å². The summed E-state index contributed by atoms with van der Waals surface area (Å²) in [4.78, 5) is 22.4. The fraction of sp³-hybridized carbons (Fsp3) is 0. The fourth-order valence-electron chi connectivity index (χ4n) is 3.06. The Balaban J connectivity index is 1.53. The summed E-state index contributed by atoms with van der Waals surface area (Å²) >= 11 is 0. The number of benzene rings is 4. The van der Waals surface area contributed by atoms with Gasteiger partial charge in [0.2, 0.25) is 0 Å². The minimum absolute atomic E-state index is 0.132. The summed E-state index contributed by atoms with van der Waals surface area (Å²) in [6, 6.07) is 24.7. The van der Waals surface area contributed by atoms with Gasteiger partial charge in [-0.1, -0.05) is 42.2 Å². The Morgan fingerprint density at radius 3 is 1.84 bits per heavy atom. The Labute approximate surface area is 178 Å². The number of rotatable bonds is 4. The van der Waals surface area contributed by atoms with Gasteiger partial charge in [-0.05, 0) is 65.4 Å². The molecule has 0 amide bonds. The maximum absolute atomic E-state index is 11.2. The predicted octanol–water partition coefficient (Wildman–Crippen LogP) is 5.43. The number of ether oxygens (including phenoxy) is 1. The van der Waals surface area contributed by atoms with E-state index < -0.39 is 11.9 Å². The van der Waals surface area contributed by atoms with Crippen molar-refractivity contribution in [1.29, 1.82) is 0 Å². The molecular weight excluding hydrogens is 392 g/mol. The third-order valence-electron chi connectivity index (χ3n) is 4.59. The second-order valence-corrected chi connectivity index (χ2v) is 6.79. The SMILES string of the molecule is O=C(O)c1cc(Oc2ccc(C#Cc3ccc4ccccc4c3)cc2)cc(C(=O)O)c1. The highest BCUT2D eigenvalue weighted by molar-refractivity contribution is 5.94. The molecule has 0 fully saturated rings. The fourth-order valence-corrected chi connectivity index (χ4v) is 3.06. The van der Waals surface area contributed by atoms with Crippen LogP contribution in [0.1, 0.15) is 31.8 Å². The third-order valence-corrected chi connectivity index (χ3v) is 4.59. The molecule has 0 bridgehead atoms. The van der Waals surface area contributed by atoms with Crippen LogP contribution in [0.2, 0.25) is 0 Å². The van der Waals surface area contributed by atoms with E-state index in [4.69, 9.17) is 14.9 Å². The average molecular weight is 408 g/mol. The lowest BCUT2D eigenvalue weighted by atomic mass is 10.1. The number of carbonyl (C=O) groups is 2. The smallest absolute Gasteiger partial charge is 0.335 e. The highest BCUT2D eigenvalue weighted by Gasteiger charge is 2.12. The minimum Gasteiger partial charge on any atom is -0.478 e. The van der Waals surface area contributed by atoms with Crippen molar-refractivity contribution in [3.8, 4) is 23.3 Å². The van der Waals surface area contributed by atoms with E-state index in [0.717, 1.165) is 28.0 Å². The zero-order chi connectivity index (χ0) is 21.8. The number of carboxylic acid groups (broad SMARTS) is 2. The molecule has 5 nitrogen and oxygen atoms in total. The normalized spacial score (nSPS) is 10.2. The molecule has 0 radical (unpaired) electrons. The van der Waals surface area contributed by atoms with E-state index in [-0.39, 0.29) is 16.9 Å². The van der Waals surface area contributed by atoms with Crippen molar-refractivity contribution < 1.29 is 24.5 Å². The first-order valence-electron chi connectivity index (χ1n) is 9.38. The van der Waals surface area contributed by atoms with Crippen LogP contribution in [0.25, 0.3) is 10.8 Å². The summed E-state index contributed by atoms with van der Waals surface area (Å²) in [6.07, 6.45) is 0. The molecular formula is C26H16O5. The van der Waals surface area contributed by atoms with Crippen LogP contribution in [0, 0.1) is 11.8 Å². The van der Waals surface area contributed by atoms with Gasteiger partial charge in [-0.15, -0.1) is 0 Å². The van der Waals surface area contributed by atoms with Gasteiger partial charge < -0.3 is 14.9 Å². The Morgan fingerprint density at radius 1 is 0.613 bits per heavy atom. The molecule has 0 spiro atoms. The number of hydrogen-bond donors (Lipinski definition) is 2. The first-order chi connectivity index (χ1) is 15.0. The molecule has 0 aliphatic heterocycles. The lowest BCUT2D eigenvalue weighted by molar-refractivity contribution is 0.0696. The summed E-state index contributed by atoms with van der Waals surface area (Å²) in [6.45, 7) is 0. The van der Waals surface area contributed by atoms with Gasteiger partial charge >= 0.3 is 11.9 Å². The third kappa shape index (κ3) is 4.72. The van der Waals surface area contributed by atoms with Gasteiger partial charge in [-0.25, -0.2) is 9.59 Å². The summed E-state index contributed by atoms with van der Waals surface area (Å²) in [5.41, 5.74) is 1.37. The lowest BCUT2D eigenvalue weighted by Gasteiger charge is -2.08. The molecule has 0 aliphatic rings. The molecule has 31 heavy (non-hydrogen) atoms. The summed E-state index contributed by atoms with van der Waals surface area (Å²) in [5.74, 6) is 4.36. The lowest BCUT2D eigenvalue weighted by Crippen LogP contribution is -2.03. The van der Waals surface area contributed by atoms with Crippen LogP contribution in [-0.2, 0) is 0 Å². The monoisotopic (exact) mass is 408 g/mol. The molecule has 4 aromatic carbocycles. The van der Waals surface area contributed by atoms with Crippen molar-refractivity contribution in [1.82, 2.24) is 0 Å². The molecule has 4 rings (SSSR count). The first-order valence-corrected chi connectivity index (χ1v) is 9.38. The molecule has 0 heterocycles. The largest absolute Gasteiger partial charge is 0.478 e. The van der Waals surface area contributed by atoms with Crippen LogP contribution in [0.15, 0.2) is 84.9 Å². The van der Waals surface area contributed by atoms with Crippen molar-refractivity contribution in [2.24, 2.45) is 0 Å². The van der Waals surface area contributed by atoms with Crippen molar-refractivity contribution >= 4 is 22.7 Å². The highest BCUT2D eigenvalue weighted by atomic mass is 16.5. The summed E-state index contributed by atoms with van der Waals surface area (Å²) in [5, 5.41) is 20.6. The molecule has 0 unspecified atom stereocenters. The first kappa shape index (κ1) is 19.7. The van der Waals surface area contributed by atoms with Gasteiger partial charge in [0.05, 0.1) is 11.1 Å². The Morgan fingerprint density at radius 2 is 1.19 bits per heavy atom. The van der Waals surface area contributed by atoms with Crippen molar-refractivity contribution in [3.05, 3.63) is 107 Å². The molecule has 4 aromatic rings. The Hall–Kier alpha value is -4.56. The average Bonchev–Trinajstić information content (AvgIpc) is 2.78. The molecule has 150 valence electrons. The van der Waals surface area contributed by atoms with Crippen molar-refractivity contribution in [3.63, 3.8) is 0 Å². The topological polar surface area (TPSA) is 83.8 Å². The second-order valence-electron chi connectivity index (χ2n) is 6.79. The highest BCUT2D eigenvalue weighted by Crippen LogP contribution is 2.25. The van der Waals surface area contributed by atoms with Crippen LogP contribution in [-0.4, -0.2) is 22.2 Å². The quantitative estimate of drug-likeness (QED) is 0.440. The van der Waals surface area contributed by atoms with Gasteiger partial charge in [0.25, 0.3) is 0 Å². The van der Waals surface area contributed by atoms with E-state index in [0.29, 0.717) is 5.75 Å². The van der Waals surface area contributed by atoms with Gasteiger partial charge in [0.15, 0.2) is 0 Å². The van der Waals surface area contributed by atoms with E-state index in [2.05, 4.69) is 17.9 Å². The van der Waals surface area contributed by atoms with Crippen molar-refractivity contribution in [2.45, 2.75) is 0 Å². The molecule has 2 N–H and O–H groups in total. The molecule has 5 heteroatoms. The maximum atomic E-state index is 11.2. The van der Waals surface area contributed by atoms with Crippen LogP contribution in [0.3, 0.4) is 0 Å². The maximum Gasteiger partial charge on any atom is 0.335 e. The van der Waals surface area contributed by atoms with Gasteiger partial charge in [0, 0.05) is 11.1 Å². The van der Waals surface area contributed by atoms with E-state index in [1.807, 2.05) is 36.4 Å². The minimum atomic E-state index is -1.23. The molecule has 0 saturated heterocycles. The Bertz CT molecular complexity index is 1330. The van der Waals surface area contributed by atoms with E-state index in [1.165, 1.54) is 12.1 Å². The van der Waals surface area contributed by atoms with E-state index >= 15 is 0 Å². The van der Waals surface area contributed by atoms with Crippen LogP contribution >= 0.6 is 0 Å². The number of fused-ring (bicyclic) bond motifs is 1. The van der Waals surface area contributed by atoms with E-state index in [1.54, 1.807) is 24.3 Å². The number of hydrogen-bond acceptors (Lipinski definition) is 3. The number of aromatic carboxylic acids is 2. The molecule has 0 atom stereocenters. The van der Waals surface area contributed by atoms with Gasteiger partial charge in [-0.3, -0.25) is 0 Å². The summed E-state index contributed by atoms with van der Waals surface area (Å²) in [7, 11) is 0. The standard InChI is InChI=1S/C26H16O5/c27-25(28)21-14-22(26(29)30)16-24(15-21)31-23-11-8-17(9-12-23)5-6-18-7-10-19-3-1-2-4-20(19)13-18/h1-4,7-16H,(H,27,28)(H,29,30). The predicted molar refractivity (Wildman–Crippen MR) is 117 cm³/mol.